The highest BCUT2D eigenvalue weighted by molar-refractivity contribution is 5.83. The molecule has 0 radical (unpaired) electrons. The van der Waals surface area contributed by atoms with E-state index in [-0.39, 0.29) is 0 Å². The number of aliphatic hydroxyl groups excluding tert-OH is 1. The molecule has 4 aromatic carbocycles. The number of hydrogen-bond donors (Lipinski definition) is 1. The van der Waals surface area contributed by atoms with Crippen LogP contribution in [0, 0.1) is 0 Å². The van der Waals surface area contributed by atoms with Gasteiger partial charge in [-0.05, 0) is 45.8 Å². The molecule has 0 unspecified atom stereocenters. The highest BCUT2D eigenvalue weighted by Gasteiger charge is 2.20. The molecule has 0 atom stereocenters. The molecule has 0 spiro atoms. The minimum atomic E-state index is -0.656. The summed E-state index contributed by atoms with van der Waals surface area (Å²) in [5.41, 5.74) is 3.81. The standard InChI is InChI=1S/C43H38N6O/c50-43(29-48(25-39-17-31-9-1-5-13-35(31)21-44-39)26-40-18-32-10-2-6-14-36(32)22-45-40)30-49(27-41-19-33-11-3-7-15-37(33)23-46-41)28-42-20-34-12-4-8-16-38(34)24-47-42/h1-24,43,50H,25-30H2. The monoisotopic (exact) mass is 654 g/mol. The van der Waals surface area contributed by atoms with Gasteiger partial charge in [-0.25, -0.2) is 0 Å². The van der Waals surface area contributed by atoms with E-state index >= 15 is 0 Å². The van der Waals surface area contributed by atoms with Crippen molar-refractivity contribution in [3.8, 4) is 0 Å². The average Bonchev–Trinajstić information content (AvgIpc) is 3.14. The normalized spacial score (nSPS) is 11.9. The summed E-state index contributed by atoms with van der Waals surface area (Å²) in [6, 6.07) is 41.7. The lowest BCUT2D eigenvalue weighted by Gasteiger charge is -2.29. The zero-order valence-corrected chi connectivity index (χ0v) is 27.8. The van der Waals surface area contributed by atoms with Crippen molar-refractivity contribution < 1.29 is 5.11 Å². The Kier molecular flexibility index (Phi) is 9.17. The largest absolute Gasteiger partial charge is 0.390 e. The Morgan fingerprint density at radius 1 is 0.380 bits per heavy atom. The molecule has 246 valence electrons. The fourth-order valence-electron chi connectivity index (χ4n) is 6.80. The van der Waals surface area contributed by atoms with E-state index in [0.717, 1.165) is 65.9 Å². The zero-order chi connectivity index (χ0) is 33.7. The van der Waals surface area contributed by atoms with Crippen molar-refractivity contribution in [2.24, 2.45) is 0 Å². The zero-order valence-electron chi connectivity index (χ0n) is 27.8. The molecule has 0 aliphatic carbocycles. The van der Waals surface area contributed by atoms with E-state index in [1.807, 2.05) is 49.1 Å². The van der Waals surface area contributed by atoms with E-state index in [1.165, 1.54) is 0 Å². The van der Waals surface area contributed by atoms with Gasteiger partial charge in [0.25, 0.3) is 0 Å². The molecular formula is C43H38N6O. The van der Waals surface area contributed by atoms with Crippen LogP contribution in [0.1, 0.15) is 22.8 Å². The molecule has 7 nitrogen and oxygen atoms in total. The van der Waals surface area contributed by atoms with E-state index in [1.54, 1.807) is 0 Å². The molecule has 50 heavy (non-hydrogen) atoms. The molecule has 0 fully saturated rings. The van der Waals surface area contributed by atoms with Crippen LogP contribution in [0.3, 0.4) is 0 Å². The van der Waals surface area contributed by atoms with Gasteiger partial charge >= 0.3 is 0 Å². The number of benzene rings is 4. The van der Waals surface area contributed by atoms with Crippen molar-refractivity contribution in [1.82, 2.24) is 29.7 Å². The number of aromatic nitrogens is 4. The maximum Gasteiger partial charge on any atom is 0.0794 e. The van der Waals surface area contributed by atoms with E-state index in [0.29, 0.717) is 39.3 Å². The van der Waals surface area contributed by atoms with E-state index in [4.69, 9.17) is 19.9 Å². The van der Waals surface area contributed by atoms with Crippen LogP contribution in [0.15, 0.2) is 146 Å². The van der Waals surface area contributed by atoms with Crippen molar-refractivity contribution in [2.75, 3.05) is 13.1 Å². The molecule has 0 saturated carbocycles. The van der Waals surface area contributed by atoms with Gasteiger partial charge in [-0.15, -0.1) is 0 Å². The van der Waals surface area contributed by atoms with Crippen molar-refractivity contribution in [2.45, 2.75) is 32.3 Å². The maximum atomic E-state index is 11.8. The summed E-state index contributed by atoms with van der Waals surface area (Å²) >= 11 is 0. The summed E-state index contributed by atoms with van der Waals surface area (Å²) in [6.07, 6.45) is 7.08. The van der Waals surface area contributed by atoms with Gasteiger partial charge in [0.05, 0.1) is 28.9 Å². The second kappa shape index (κ2) is 14.5. The van der Waals surface area contributed by atoms with E-state index < -0.39 is 6.10 Å². The second-order valence-corrected chi connectivity index (χ2v) is 13.1. The second-order valence-electron chi connectivity index (χ2n) is 13.1. The van der Waals surface area contributed by atoms with Gasteiger partial charge in [-0.3, -0.25) is 29.7 Å². The molecule has 4 heterocycles. The molecule has 0 bridgehead atoms. The minimum absolute atomic E-state index is 0.440. The van der Waals surface area contributed by atoms with E-state index in [2.05, 4.69) is 107 Å². The smallest absolute Gasteiger partial charge is 0.0794 e. The summed E-state index contributed by atoms with van der Waals surface area (Å²) in [6.45, 7) is 3.19. The number of aliphatic hydroxyl groups is 1. The van der Waals surface area contributed by atoms with Gasteiger partial charge < -0.3 is 5.11 Å². The quantitative estimate of drug-likeness (QED) is 0.143. The maximum absolute atomic E-state index is 11.8. The first-order valence-electron chi connectivity index (χ1n) is 17.1. The Bertz CT molecular complexity index is 2080. The van der Waals surface area contributed by atoms with E-state index in [9.17, 15) is 5.11 Å². The van der Waals surface area contributed by atoms with Crippen LogP contribution in [0.2, 0.25) is 0 Å². The Labute approximate surface area is 291 Å². The van der Waals surface area contributed by atoms with Crippen LogP contribution in [0.5, 0.6) is 0 Å². The molecule has 8 rings (SSSR count). The first kappa shape index (κ1) is 31.7. The van der Waals surface area contributed by atoms with Crippen LogP contribution >= 0.6 is 0 Å². The van der Waals surface area contributed by atoms with Crippen LogP contribution in [-0.4, -0.2) is 54.0 Å². The third-order valence-corrected chi connectivity index (χ3v) is 9.23. The fraction of sp³-hybridized carbons (Fsp3) is 0.163. The third kappa shape index (κ3) is 7.51. The highest BCUT2D eigenvalue weighted by Crippen LogP contribution is 2.21. The van der Waals surface area contributed by atoms with Crippen LogP contribution < -0.4 is 0 Å². The Morgan fingerprint density at radius 2 is 0.620 bits per heavy atom. The summed E-state index contributed by atoms with van der Waals surface area (Å²) < 4.78 is 0. The fourth-order valence-corrected chi connectivity index (χ4v) is 6.80. The van der Waals surface area contributed by atoms with Crippen LogP contribution in [0.4, 0.5) is 0 Å². The Balaban J connectivity index is 1.06. The highest BCUT2D eigenvalue weighted by atomic mass is 16.3. The van der Waals surface area contributed by atoms with Crippen LogP contribution in [-0.2, 0) is 26.2 Å². The Morgan fingerprint density at radius 3 is 0.880 bits per heavy atom. The molecule has 1 N–H and O–H groups in total. The number of rotatable bonds is 12. The Hall–Kier alpha value is -5.60. The van der Waals surface area contributed by atoms with Gasteiger partial charge in [-0.2, -0.15) is 0 Å². The summed E-state index contributed by atoms with van der Waals surface area (Å²) in [7, 11) is 0. The first-order valence-corrected chi connectivity index (χ1v) is 17.1. The summed E-state index contributed by atoms with van der Waals surface area (Å²) in [4.78, 5) is 23.7. The number of nitrogens with zero attached hydrogens (tertiary/aromatic N) is 6. The number of hydrogen-bond acceptors (Lipinski definition) is 7. The number of pyridine rings is 4. The predicted molar refractivity (Wildman–Crippen MR) is 201 cm³/mol. The van der Waals surface area contributed by atoms with Crippen molar-refractivity contribution in [1.29, 1.82) is 0 Å². The SMILES string of the molecule is OC(CN(Cc1cc2ccccc2cn1)Cc1cc2ccccc2cn1)CN(Cc1cc2ccccc2cn1)Cc1cc2ccccc2cn1. The van der Waals surface area contributed by atoms with Gasteiger partial charge in [0.15, 0.2) is 0 Å². The average molecular weight is 655 g/mol. The lowest BCUT2D eigenvalue weighted by molar-refractivity contribution is 0.0615. The molecular weight excluding hydrogens is 617 g/mol. The number of fused-ring (bicyclic) bond motifs is 4. The molecule has 4 aromatic heterocycles. The lowest BCUT2D eigenvalue weighted by atomic mass is 10.1. The molecule has 0 aliphatic rings. The van der Waals surface area contributed by atoms with Crippen molar-refractivity contribution >= 4 is 43.1 Å². The summed E-state index contributed by atoms with van der Waals surface area (Å²) in [5.74, 6) is 0. The van der Waals surface area contributed by atoms with Crippen molar-refractivity contribution in [3.05, 3.63) is 169 Å². The van der Waals surface area contributed by atoms with Crippen LogP contribution in [0.25, 0.3) is 43.1 Å². The van der Waals surface area contributed by atoms with Gasteiger partial charge in [-0.1, -0.05) is 97.1 Å². The predicted octanol–water partition coefficient (Wildman–Crippen LogP) is 7.94. The van der Waals surface area contributed by atoms with Gasteiger partial charge in [0.2, 0.25) is 0 Å². The van der Waals surface area contributed by atoms with Gasteiger partial charge in [0, 0.05) is 85.6 Å². The molecule has 0 saturated heterocycles. The molecule has 0 amide bonds. The van der Waals surface area contributed by atoms with Gasteiger partial charge in [0.1, 0.15) is 0 Å². The molecule has 7 heteroatoms. The summed E-state index contributed by atoms with van der Waals surface area (Å²) in [5, 5.41) is 20.9. The first-order chi connectivity index (χ1) is 24.6. The molecule has 8 aromatic rings. The third-order valence-electron chi connectivity index (χ3n) is 9.23. The van der Waals surface area contributed by atoms with Crippen molar-refractivity contribution in [3.63, 3.8) is 0 Å². The molecule has 0 aliphatic heterocycles. The minimum Gasteiger partial charge on any atom is -0.390 e. The topological polar surface area (TPSA) is 78.3 Å². The lowest BCUT2D eigenvalue weighted by Crippen LogP contribution is -2.40.